The highest BCUT2D eigenvalue weighted by atomic mass is 16.7. The summed E-state index contributed by atoms with van der Waals surface area (Å²) >= 11 is 0. The molecule has 5 rings (SSSR count). The van der Waals surface area contributed by atoms with Crippen LogP contribution < -0.4 is 19.7 Å². The molecule has 0 fully saturated rings. The van der Waals surface area contributed by atoms with Gasteiger partial charge in [0.1, 0.15) is 5.69 Å². The molecule has 6 nitrogen and oxygen atoms in total. The summed E-state index contributed by atoms with van der Waals surface area (Å²) < 4.78 is 10.8. The van der Waals surface area contributed by atoms with Gasteiger partial charge in [0.25, 0.3) is 5.91 Å². The van der Waals surface area contributed by atoms with Gasteiger partial charge in [-0.05, 0) is 49.2 Å². The number of pyridine rings is 1. The average molecular weight is 373 g/mol. The number of carbonyl (C=O) groups excluding carboxylic acids is 1. The van der Waals surface area contributed by atoms with Gasteiger partial charge in [0.15, 0.2) is 11.5 Å². The first-order valence-corrected chi connectivity index (χ1v) is 9.23. The largest absolute Gasteiger partial charge is 0.454 e. The van der Waals surface area contributed by atoms with Crippen molar-refractivity contribution >= 4 is 23.0 Å². The highest BCUT2D eigenvalue weighted by molar-refractivity contribution is 6.07. The summed E-state index contributed by atoms with van der Waals surface area (Å²) in [5.74, 6) is 1.35. The van der Waals surface area contributed by atoms with Gasteiger partial charge in [-0.2, -0.15) is 0 Å². The summed E-state index contributed by atoms with van der Waals surface area (Å²) in [4.78, 5) is 19.3. The predicted molar refractivity (Wildman–Crippen MR) is 107 cm³/mol. The fourth-order valence-electron chi connectivity index (χ4n) is 3.76. The lowest BCUT2D eigenvalue weighted by atomic mass is 10.1. The molecule has 6 heteroatoms. The molecule has 0 saturated carbocycles. The normalized spacial score (nSPS) is 16.8. The van der Waals surface area contributed by atoms with Crippen LogP contribution in [0.3, 0.4) is 0 Å². The zero-order chi connectivity index (χ0) is 19.1. The molecule has 1 N–H and O–H groups in total. The molecule has 2 aliphatic rings. The molecule has 3 heterocycles. The number of amides is 1. The van der Waals surface area contributed by atoms with Crippen LogP contribution in [0.25, 0.3) is 0 Å². The summed E-state index contributed by atoms with van der Waals surface area (Å²) in [6.07, 6.45) is 2.51. The number of nitrogens with zero attached hydrogens (tertiary/aromatic N) is 2. The zero-order valence-corrected chi connectivity index (χ0v) is 15.4. The highest BCUT2D eigenvalue weighted by Gasteiger charge is 2.31. The number of anilines is 3. The van der Waals surface area contributed by atoms with Gasteiger partial charge in [-0.25, -0.2) is 0 Å². The molecule has 2 aromatic carbocycles. The van der Waals surface area contributed by atoms with E-state index in [-0.39, 0.29) is 18.7 Å². The Balaban J connectivity index is 1.41. The maximum Gasteiger partial charge on any atom is 0.277 e. The first-order chi connectivity index (χ1) is 13.7. The minimum atomic E-state index is -0.0909. The Bertz CT molecular complexity index is 1070. The van der Waals surface area contributed by atoms with Crippen LogP contribution in [0.2, 0.25) is 0 Å². The molecule has 0 bridgehead atoms. The maximum absolute atomic E-state index is 13.2. The number of para-hydroxylation sites is 1. The lowest BCUT2D eigenvalue weighted by Gasteiger charge is -2.22. The molecule has 0 radical (unpaired) electrons. The molecular formula is C22H19N3O3. The summed E-state index contributed by atoms with van der Waals surface area (Å²) in [5, 5.41) is 3.30. The molecule has 1 atom stereocenters. The number of hydrogen-bond donors (Lipinski definition) is 1. The standard InChI is InChI=1S/C22H19N3O3/c1-14-10-15-4-2-3-5-19(15)25(14)22(26)18-11-17(8-9-23-18)24-16-6-7-20-21(12-16)28-13-27-20/h2-9,11-12,14H,10,13H2,1H3,(H,23,24). The second-order valence-electron chi connectivity index (χ2n) is 6.98. The quantitative estimate of drug-likeness (QED) is 0.747. The van der Waals surface area contributed by atoms with E-state index >= 15 is 0 Å². The molecule has 1 unspecified atom stereocenters. The summed E-state index contributed by atoms with van der Waals surface area (Å²) in [5.41, 5.74) is 4.22. The van der Waals surface area contributed by atoms with Gasteiger partial charge in [-0.3, -0.25) is 9.78 Å². The molecule has 0 aliphatic carbocycles. The third-order valence-corrected chi connectivity index (χ3v) is 5.07. The van der Waals surface area contributed by atoms with E-state index in [0.29, 0.717) is 11.4 Å². The zero-order valence-electron chi connectivity index (χ0n) is 15.4. The van der Waals surface area contributed by atoms with Crippen LogP contribution in [0.15, 0.2) is 60.8 Å². The molecule has 1 amide bonds. The van der Waals surface area contributed by atoms with E-state index in [1.54, 1.807) is 12.3 Å². The van der Waals surface area contributed by atoms with Crippen molar-refractivity contribution in [2.24, 2.45) is 0 Å². The Morgan fingerprint density at radius 1 is 1.07 bits per heavy atom. The van der Waals surface area contributed by atoms with Crippen molar-refractivity contribution in [2.45, 2.75) is 19.4 Å². The predicted octanol–water partition coefficient (Wildman–Crippen LogP) is 4.15. The maximum atomic E-state index is 13.2. The highest BCUT2D eigenvalue weighted by Crippen LogP contribution is 2.36. The summed E-state index contributed by atoms with van der Waals surface area (Å²) in [7, 11) is 0. The second kappa shape index (κ2) is 6.56. The molecule has 3 aromatic rings. The number of ether oxygens (including phenoxy) is 2. The van der Waals surface area contributed by atoms with Gasteiger partial charge < -0.3 is 19.7 Å². The summed E-state index contributed by atoms with van der Waals surface area (Å²) in [6.45, 7) is 2.30. The van der Waals surface area contributed by atoms with Crippen molar-refractivity contribution in [1.29, 1.82) is 0 Å². The number of nitrogens with one attached hydrogen (secondary N) is 1. The monoisotopic (exact) mass is 373 g/mol. The molecule has 1 aromatic heterocycles. The third kappa shape index (κ3) is 2.83. The van der Waals surface area contributed by atoms with E-state index in [4.69, 9.17) is 9.47 Å². The first kappa shape index (κ1) is 16.6. The van der Waals surface area contributed by atoms with E-state index in [9.17, 15) is 4.79 Å². The SMILES string of the molecule is CC1Cc2ccccc2N1C(=O)c1cc(Nc2ccc3c(c2)OCO3)ccn1. The van der Waals surface area contributed by atoms with E-state index < -0.39 is 0 Å². The van der Waals surface area contributed by atoms with Crippen LogP contribution >= 0.6 is 0 Å². The van der Waals surface area contributed by atoms with Crippen LogP contribution in [-0.2, 0) is 6.42 Å². The van der Waals surface area contributed by atoms with Crippen LogP contribution in [0.4, 0.5) is 17.1 Å². The van der Waals surface area contributed by atoms with Gasteiger partial charge in [-0.1, -0.05) is 18.2 Å². The fourth-order valence-corrected chi connectivity index (χ4v) is 3.76. The van der Waals surface area contributed by atoms with Crippen LogP contribution in [0.5, 0.6) is 11.5 Å². The Morgan fingerprint density at radius 3 is 2.82 bits per heavy atom. The Kier molecular flexibility index (Phi) is 3.90. The Labute approximate surface area is 162 Å². The lowest BCUT2D eigenvalue weighted by molar-refractivity contribution is 0.0976. The van der Waals surface area contributed by atoms with Gasteiger partial charge in [-0.15, -0.1) is 0 Å². The number of aromatic nitrogens is 1. The molecule has 0 spiro atoms. The van der Waals surface area contributed by atoms with Crippen LogP contribution in [-0.4, -0.2) is 23.7 Å². The van der Waals surface area contributed by atoms with E-state index in [1.807, 2.05) is 47.4 Å². The van der Waals surface area contributed by atoms with Crippen molar-refractivity contribution in [3.8, 4) is 11.5 Å². The van der Waals surface area contributed by atoms with E-state index in [1.165, 1.54) is 5.56 Å². The second-order valence-corrected chi connectivity index (χ2v) is 6.98. The molecular weight excluding hydrogens is 354 g/mol. The van der Waals surface area contributed by atoms with Crippen molar-refractivity contribution in [3.63, 3.8) is 0 Å². The number of fused-ring (bicyclic) bond motifs is 2. The molecule has 0 saturated heterocycles. The minimum absolute atomic E-state index is 0.0909. The smallest absolute Gasteiger partial charge is 0.277 e. The molecule has 28 heavy (non-hydrogen) atoms. The summed E-state index contributed by atoms with van der Waals surface area (Å²) in [6, 6.07) is 17.4. The van der Waals surface area contributed by atoms with Gasteiger partial charge >= 0.3 is 0 Å². The topological polar surface area (TPSA) is 63.7 Å². The first-order valence-electron chi connectivity index (χ1n) is 9.23. The number of carbonyl (C=O) groups is 1. The van der Waals surface area contributed by atoms with Crippen molar-refractivity contribution < 1.29 is 14.3 Å². The van der Waals surface area contributed by atoms with Gasteiger partial charge in [0, 0.05) is 35.4 Å². The van der Waals surface area contributed by atoms with E-state index in [0.717, 1.165) is 29.2 Å². The third-order valence-electron chi connectivity index (χ3n) is 5.07. The number of rotatable bonds is 3. The number of hydrogen-bond acceptors (Lipinski definition) is 5. The average Bonchev–Trinajstić information content (AvgIpc) is 3.30. The van der Waals surface area contributed by atoms with Crippen LogP contribution in [0.1, 0.15) is 23.0 Å². The lowest BCUT2D eigenvalue weighted by Crippen LogP contribution is -2.36. The Hall–Kier alpha value is -3.54. The van der Waals surface area contributed by atoms with E-state index in [2.05, 4.69) is 23.3 Å². The van der Waals surface area contributed by atoms with Crippen molar-refractivity contribution in [1.82, 2.24) is 4.98 Å². The molecule has 140 valence electrons. The van der Waals surface area contributed by atoms with Crippen LogP contribution in [0, 0.1) is 0 Å². The Morgan fingerprint density at radius 2 is 1.89 bits per heavy atom. The van der Waals surface area contributed by atoms with Gasteiger partial charge in [0.05, 0.1) is 0 Å². The van der Waals surface area contributed by atoms with Crippen molar-refractivity contribution in [2.75, 3.05) is 17.0 Å². The number of benzene rings is 2. The minimum Gasteiger partial charge on any atom is -0.454 e. The fraction of sp³-hybridized carbons (Fsp3) is 0.182. The van der Waals surface area contributed by atoms with Gasteiger partial charge in [0.2, 0.25) is 6.79 Å². The molecule has 2 aliphatic heterocycles. The van der Waals surface area contributed by atoms with Crippen molar-refractivity contribution in [3.05, 3.63) is 72.1 Å².